The van der Waals surface area contributed by atoms with Crippen molar-refractivity contribution < 1.29 is 38.3 Å². The van der Waals surface area contributed by atoms with E-state index in [2.05, 4.69) is 5.32 Å². The van der Waals surface area contributed by atoms with E-state index >= 15 is 0 Å². The molecule has 1 N–H and O–H groups in total. The van der Waals surface area contributed by atoms with E-state index in [1.807, 2.05) is 60.7 Å². The maximum Gasteiger partial charge on any atom is 0.514 e. The molecule has 214 valence electrons. The number of carbonyl (C=O) groups excluding carboxylic acids is 4. The van der Waals surface area contributed by atoms with E-state index in [0.29, 0.717) is 23.1 Å². The molecule has 2 aliphatic heterocycles. The molecule has 0 radical (unpaired) electrons. The Labute approximate surface area is 243 Å². The predicted molar refractivity (Wildman–Crippen MR) is 149 cm³/mol. The van der Waals surface area contributed by atoms with Gasteiger partial charge in [-0.05, 0) is 23.3 Å². The molecule has 1 fully saturated rings. The number of hydrogen-bond acceptors (Lipinski definition) is 10. The fourth-order valence-electron chi connectivity index (χ4n) is 4.53. The molecule has 3 aromatic rings. The molecule has 0 bridgehead atoms. The minimum absolute atomic E-state index is 0.0200. The molecule has 2 heterocycles. The van der Waals surface area contributed by atoms with Crippen LogP contribution in [-0.2, 0) is 23.9 Å². The Hall–Kier alpha value is -5.17. The lowest BCUT2D eigenvalue weighted by Gasteiger charge is -2.49. The summed E-state index contributed by atoms with van der Waals surface area (Å²) >= 11 is 1.29. The highest BCUT2D eigenvalue weighted by molar-refractivity contribution is 8.00. The number of rotatable bonds is 10. The lowest BCUT2D eigenvalue weighted by molar-refractivity contribution is -0.384. The van der Waals surface area contributed by atoms with Crippen LogP contribution >= 0.6 is 11.8 Å². The van der Waals surface area contributed by atoms with Crippen molar-refractivity contribution in [2.75, 3.05) is 12.4 Å². The van der Waals surface area contributed by atoms with Crippen molar-refractivity contribution >= 4 is 41.9 Å². The lowest BCUT2D eigenvalue weighted by Crippen LogP contribution is -2.69. The molecule has 5 rings (SSSR count). The quantitative estimate of drug-likeness (QED) is 0.0924. The van der Waals surface area contributed by atoms with Crippen LogP contribution in [0.25, 0.3) is 0 Å². The molecule has 3 aromatic carbocycles. The van der Waals surface area contributed by atoms with E-state index in [9.17, 15) is 29.3 Å². The van der Waals surface area contributed by atoms with Crippen LogP contribution in [-0.4, -0.2) is 58.0 Å². The summed E-state index contributed by atoms with van der Waals surface area (Å²) in [6.07, 6.45) is -1.48. The summed E-state index contributed by atoms with van der Waals surface area (Å²) in [5.74, 6) is -1.10. The molecular weight excluding hydrogens is 566 g/mol. The minimum Gasteiger partial charge on any atom is -0.448 e. The van der Waals surface area contributed by atoms with Crippen LogP contribution < -0.4 is 10.1 Å². The summed E-state index contributed by atoms with van der Waals surface area (Å²) < 4.78 is 16.3. The summed E-state index contributed by atoms with van der Waals surface area (Å²) in [5, 5.41) is 12.8. The first-order valence-corrected chi connectivity index (χ1v) is 13.7. The second-order valence-corrected chi connectivity index (χ2v) is 10.2. The fourth-order valence-corrected chi connectivity index (χ4v) is 5.87. The van der Waals surface area contributed by atoms with Gasteiger partial charge in [0.05, 0.1) is 4.92 Å². The van der Waals surface area contributed by atoms with Gasteiger partial charge in [0.25, 0.3) is 11.6 Å². The molecule has 0 saturated carbocycles. The Bertz CT molecular complexity index is 1490. The number of fused-ring (bicyclic) bond motifs is 1. The SMILES string of the molecule is O=CN[C@@H]1C(=O)N2C(C(=O)OC(c3ccccc3)c3ccccc3)=C(COC(=O)Oc3ccc([N+](=O)[O-])cc3)CS[C@H]12. The number of thioether (sulfide) groups is 1. The number of ether oxygens (including phenoxy) is 3. The Morgan fingerprint density at radius 3 is 2.21 bits per heavy atom. The molecular formula is C29H23N3O9S. The highest BCUT2D eigenvalue weighted by Crippen LogP contribution is 2.41. The van der Waals surface area contributed by atoms with Crippen molar-refractivity contribution in [3.8, 4) is 5.75 Å². The van der Waals surface area contributed by atoms with Crippen LogP contribution in [0.3, 0.4) is 0 Å². The molecule has 0 aliphatic carbocycles. The number of nitro groups is 1. The predicted octanol–water partition coefficient (Wildman–Crippen LogP) is 3.73. The van der Waals surface area contributed by atoms with Gasteiger partial charge in [-0.15, -0.1) is 11.8 Å². The second kappa shape index (κ2) is 12.6. The summed E-state index contributed by atoms with van der Waals surface area (Å²) in [5.41, 5.74) is 1.47. The maximum absolute atomic E-state index is 13.8. The summed E-state index contributed by atoms with van der Waals surface area (Å²) in [4.78, 5) is 61.7. The van der Waals surface area contributed by atoms with E-state index in [1.165, 1.54) is 40.9 Å². The normalized spacial score (nSPS) is 17.5. The first kappa shape index (κ1) is 28.4. The van der Waals surface area contributed by atoms with Crippen LogP contribution in [0, 0.1) is 10.1 Å². The van der Waals surface area contributed by atoms with Gasteiger partial charge in [-0.1, -0.05) is 60.7 Å². The van der Waals surface area contributed by atoms with Gasteiger partial charge in [0.15, 0.2) is 6.10 Å². The third-order valence-corrected chi connectivity index (χ3v) is 7.87. The Morgan fingerprint density at radius 2 is 1.64 bits per heavy atom. The van der Waals surface area contributed by atoms with Crippen LogP contribution in [0.4, 0.5) is 10.5 Å². The van der Waals surface area contributed by atoms with Crippen molar-refractivity contribution in [1.29, 1.82) is 0 Å². The number of hydrogen-bond donors (Lipinski definition) is 1. The minimum atomic E-state index is -1.11. The third kappa shape index (κ3) is 5.95. The first-order chi connectivity index (χ1) is 20.4. The average Bonchev–Trinajstić information content (AvgIpc) is 3.02. The number of non-ortho nitro benzene ring substituents is 1. The zero-order chi connectivity index (χ0) is 29.6. The summed E-state index contributed by atoms with van der Waals surface area (Å²) in [6.45, 7) is -0.396. The van der Waals surface area contributed by atoms with E-state index < -0.39 is 47.1 Å². The zero-order valence-electron chi connectivity index (χ0n) is 21.8. The molecule has 0 unspecified atom stereocenters. The van der Waals surface area contributed by atoms with Crippen molar-refractivity contribution in [2.45, 2.75) is 17.5 Å². The zero-order valence-corrected chi connectivity index (χ0v) is 22.6. The fraction of sp³-hybridized carbons (Fsp3) is 0.172. The van der Waals surface area contributed by atoms with Gasteiger partial charge in [0.1, 0.15) is 29.5 Å². The van der Waals surface area contributed by atoms with Crippen LogP contribution in [0.1, 0.15) is 17.2 Å². The van der Waals surface area contributed by atoms with E-state index in [4.69, 9.17) is 14.2 Å². The lowest BCUT2D eigenvalue weighted by atomic mass is 10.0. The maximum atomic E-state index is 13.8. The number of nitro benzene ring substituents is 1. The smallest absolute Gasteiger partial charge is 0.448 e. The van der Waals surface area contributed by atoms with Crippen LogP contribution in [0.15, 0.2) is 96.2 Å². The largest absolute Gasteiger partial charge is 0.514 e. The molecule has 0 aromatic heterocycles. The number of amides is 2. The number of nitrogens with one attached hydrogen (secondary N) is 1. The van der Waals surface area contributed by atoms with Gasteiger partial charge in [0, 0.05) is 23.5 Å². The van der Waals surface area contributed by atoms with Gasteiger partial charge in [-0.3, -0.25) is 24.6 Å². The molecule has 2 aliphatic rings. The second-order valence-electron chi connectivity index (χ2n) is 9.12. The monoisotopic (exact) mass is 589 g/mol. The van der Waals surface area contributed by atoms with Crippen molar-refractivity contribution in [3.63, 3.8) is 0 Å². The first-order valence-electron chi connectivity index (χ1n) is 12.6. The van der Waals surface area contributed by atoms with Gasteiger partial charge >= 0.3 is 12.1 Å². The summed E-state index contributed by atoms with van der Waals surface area (Å²) in [7, 11) is 0. The van der Waals surface area contributed by atoms with Crippen molar-refractivity contribution in [2.24, 2.45) is 0 Å². The molecule has 42 heavy (non-hydrogen) atoms. The van der Waals surface area contributed by atoms with Gasteiger partial charge in [-0.2, -0.15) is 0 Å². The van der Waals surface area contributed by atoms with Crippen molar-refractivity contribution in [1.82, 2.24) is 10.2 Å². The molecule has 1 saturated heterocycles. The average molecular weight is 590 g/mol. The Balaban J connectivity index is 1.39. The van der Waals surface area contributed by atoms with Gasteiger partial charge < -0.3 is 19.5 Å². The third-order valence-electron chi connectivity index (χ3n) is 6.53. The molecule has 2 amide bonds. The molecule has 2 atom stereocenters. The number of β-lactam (4-membered cyclic amide) rings is 1. The van der Waals surface area contributed by atoms with E-state index in [0.717, 1.165) is 0 Å². The summed E-state index contributed by atoms with van der Waals surface area (Å²) in [6, 6.07) is 22.2. The van der Waals surface area contributed by atoms with Crippen molar-refractivity contribution in [3.05, 3.63) is 117 Å². The van der Waals surface area contributed by atoms with Crippen LogP contribution in [0.2, 0.25) is 0 Å². The number of esters is 1. The number of benzene rings is 3. The van der Waals surface area contributed by atoms with Gasteiger partial charge in [-0.25, -0.2) is 9.59 Å². The van der Waals surface area contributed by atoms with E-state index in [-0.39, 0.29) is 22.9 Å². The van der Waals surface area contributed by atoms with Gasteiger partial charge in [0.2, 0.25) is 6.41 Å². The number of nitrogens with zero attached hydrogens (tertiary/aromatic N) is 2. The van der Waals surface area contributed by atoms with Crippen LogP contribution in [0.5, 0.6) is 5.75 Å². The Morgan fingerprint density at radius 1 is 1.02 bits per heavy atom. The Kier molecular flexibility index (Phi) is 8.48. The highest BCUT2D eigenvalue weighted by atomic mass is 32.2. The molecule has 0 spiro atoms. The highest BCUT2D eigenvalue weighted by Gasteiger charge is 2.54. The standard InChI is InChI=1S/C29H23N3O9S/c33-17-30-23-26(34)31-24(28(35)41-25(18-7-3-1-4-8-18)19-9-5-2-6-10-19)20(16-42-27(23)31)15-39-29(36)40-22-13-11-21(12-14-22)32(37)38/h1-14,17,23,25,27H,15-16H2,(H,30,33)/t23-,27-/m1/s1. The topological polar surface area (TPSA) is 154 Å². The number of carbonyl (C=O) groups is 4. The van der Waals surface area contributed by atoms with E-state index in [1.54, 1.807) is 0 Å². The molecule has 13 heteroatoms. The molecule has 12 nitrogen and oxygen atoms in total.